The largest absolute Gasteiger partial charge is 0.464 e. The number of hydrogen-bond donors (Lipinski definition) is 0. The van der Waals surface area contributed by atoms with Gasteiger partial charge in [-0.2, -0.15) is 0 Å². The summed E-state index contributed by atoms with van der Waals surface area (Å²) in [6.45, 7) is 5.68. The molecule has 1 saturated carbocycles. The van der Waals surface area contributed by atoms with E-state index in [0.29, 0.717) is 24.1 Å². The summed E-state index contributed by atoms with van der Waals surface area (Å²) in [7, 11) is -3.18. The Hall–Kier alpha value is -3.20. The predicted octanol–water partition coefficient (Wildman–Crippen LogP) is 4.61. The van der Waals surface area contributed by atoms with Gasteiger partial charge in [-0.25, -0.2) is 13.2 Å². The van der Waals surface area contributed by atoms with Crippen LogP contribution in [0.5, 0.6) is 0 Å². The van der Waals surface area contributed by atoms with Gasteiger partial charge in [0.2, 0.25) is 0 Å². The lowest BCUT2D eigenvalue weighted by atomic mass is 9.65. The number of nitrogens with zero attached hydrogens (tertiary/aromatic N) is 2. The fourth-order valence-corrected chi connectivity index (χ4v) is 7.58. The van der Waals surface area contributed by atoms with Gasteiger partial charge >= 0.3 is 11.5 Å². The van der Waals surface area contributed by atoms with Crippen molar-refractivity contribution in [2.75, 3.05) is 11.4 Å². The standard InChI is InChI=1S/C26H30N2O6S/c1-4-22-21-12-8-9-13-23(21)27(35(32,33)20-16-14-18(2)15-17-20)24(19-10-6-5-7-11-19)26(22,28(30)31)25(29)34-3/h4,8-9,12-17,19,22,24H,1,5-7,10-11H2,2-3H3/t22-,24-,26+/m1/s1. The van der Waals surface area contributed by atoms with E-state index in [1.807, 2.05) is 6.92 Å². The SMILES string of the molecule is C=C[C@@H]1c2ccccc2N(S(=O)(=O)c2ccc(C)cc2)[C@H](C2CCCCC2)[C@@]1(C(=O)OC)[N+](=O)[O-]. The average molecular weight is 499 g/mol. The van der Waals surface area contributed by atoms with Crippen molar-refractivity contribution in [2.24, 2.45) is 5.92 Å². The Labute approximate surface area is 205 Å². The summed E-state index contributed by atoms with van der Waals surface area (Å²) in [5.41, 5.74) is -0.819. The molecule has 8 nitrogen and oxygen atoms in total. The van der Waals surface area contributed by atoms with E-state index >= 15 is 0 Å². The molecule has 35 heavy (non-hydrogen) atoms. The molecule has 2 aliphatic rings. The number of nitro groups is 1. The maximum absolute atomic E-state index is 14.3. The van der Waals surface area contributed by atoms with Gasteiger partial charge < -0.3 is 4.74 Å². The second-order valence-corrected chi connectivity index (χ2v) is 11.1. The highest BCUT2D eigenvalue weighted by atomic mass is 32.2. The molecule has 0 amide bonds. The van der Waals surface area contributed by atoms with Crippen LogP contribution in [-0.4, -0.2) is 38.0 Å². The number of hydrogen-bond acceptors (Lipinski definition) is 6. The highest BCUT2D eigenvalue weighted by molar-refractivity contribution is 7.92. The third-order valence-corrected chi connectivity index (χ3v) is 9.22. The highest BCUT2D eigenvalue weighted by Gasteiger charge is 2.71. The van der Waals surface area contributed by atoms with E-state index < -0.39 is 44.3 Å². The summed E-state index contributed by atoms with van der Waals surface area (Å²) >= 11 is 0. The molecule has 2 aromatic carbocycles. The van der Waals surface area contributed by atoms with Crippen molar-refractivity contribution in [3.05, 3.63) is 82.4 Å². The lowest BCUT2D eigenvalue weighted by molar-refractivity contribution is -0.563. The molecule has 2 aromatic rings. The van der Waals surface area contributed by atoms with Crippen LogP contribution in [0.2, 0.25) is 0 Å². The maximum Gasteiger partial charge on any atom is 0.387 e. The minimum Gasteiger partial charge on any atom is -0.464 e. The normalized spacial score (nSPS) is 24.9. The number of carbonyl (C=O) groups excluding carboxylic acids is 1. The Morgan fingerprint density at radius 2 is 1.77 bits per heavy atom. The quantitative estimate of drug-likeness (QED) is 0.249. The van der Waals surface area contributed by atoms with E-state index in [1.54, 1.807) is 36.4 Å². The van der Waals surface area contributed by atoms with Gasteiger partial charge in [-0.1, -0.05) is 61.2 Å². The zero-order valence-electron chi connectivity index (χ0n) is 19.9. The van der Waals surface area contributed by atoms with Gasteiger partial charge in [0, 0.05) is 4.92 Å². The van der Waals surface area contributed by atoms with Crippen LogP contribution in [0, 0.1) is 23.0 Å². The van der Waals surface area contributed by atoms with Crippen LogP contribution in [-0.2, 0) is 19.6 Å². The van der Waals surface area contributed by atoms with E-state index in [1.165, 1.54) is 18.2 Å². The summed E-state index contributed by atoms with van der Waals surface area (Å²) < 4.78 is 34.7. The molecule has 0 spiro atoms. The number of sulfonamides is 1. The van der Waals surface area contributed by atoms with Gasteiger partial charge in [-0.15, -0.1) is 6.58 Å². The first-order valence-corrected chi connectivity index (χ1v) is 13.2. The van der Waals surface area contributed by atoms with Crippen molar-refractivity contribution in [1.29, 1.82) is 0 Å². The second kappa shape index (κ2) is 9.45. The van der Waals surface area contributed by atoms with Crippen molar-refractivity contribution in [1.82, 2.24) is 0 Å². The van der Waals surface area contributed by atoms with Gasteiger partial charge in [0.15, 0.2) is 0 Å². The number of aryl methyl sites for hydroxylation is 1. The van der Waals surface area contributed by atoms with Gasteiger partial charge in [0.05, 0.1) is 23.6 Å². The number of carbonyl (C=O) groups is 1. The number of fused-ring (bicyclic) bond motifs is 1. The molecule has 0 N–H and O–H groups in total. The molecule has 1 fully saturated rings. The Morgan fingerprint density at radius 1 is 1.14 bits per heavy atom. The first-order valence-electron chi connectivity index (χ1n) is 11.8. The van der Waals surface area contributed by atoms with E-state index in [2.05, 4.69) is 6.58 Å². The van der Waals surface area contributed by atoms with E-state index in [0.717, 1.165) is 36.2 Å². The summed E-state index contributed by atoms with van der Waals surface area (Å²) in [6.07, 6.45) is 5.08. The second-order valence-electron chi connectivity index (χ2n) is 9.30. The van der Waals surface area contributed by atoms with Crippen LogP contribution >= 0.6 is 0 Å². The lowest BCUT2D eigenvalue weighted by Crippen LogP contribution is -2.70. The van der Waals surface area contributed by atoms with Crippen molar-refractivity contribution in [3.63, 3.8) is 0 Å². The molecule has 4 rings (SSSR count). The van der Waals surface area contributed by atoms with Crippen LogP contribution < -0.4 is 4.31 Å². The minimum absolute atomic E-state index is 0.0119. The molecule has 9 heteroatoms. The fraction of sp³-hybridized carbons (Fsp3) is 0.423. The smallest absolute Gasteiger partial charge is 0.387 e. The molecule has 3 atom stereocenters. The molecule has 0 aromatic heterocycles. The Morgan fingerprint density at radius 3 is 2.34 bits per heavy atom. The number of ether oxygens (including phenoxy) is 1. The third kappa shape index (κ3) is 3.82. The molecular weight excluding hydrogens is 468 g/mol. The van der Waals surface area contributed by atoms with Crippen LogP contribution in [0.1, 0.15) is 49.1 Å². The van der Waals surface area contributed by atoms with E-state index in [-0.39, 0.29) is 4.90 Å². The number of methoxy groups -OCH3 is 1. The first kappa shape index (κ1) is 24.9. The first-order chi connectivity index (χ1) is 16.7. The van der Waals surface area contributed by atoms with Gasteiger partial charge in [0.25, 0.3) is 10.0 Å². The highest BCUT2D eigenvalue weighted by Crippen LogP contribution is 2.53. The Bertz CT molecular complexity index is 1240. The van der Waals surface area contributed by atoms with Gasteiger partial charge in [-0.3, -0.25) is 14.4 Å². The van der Waals surface area contributed by atoms with Crippen LogP contribution in [0.25, 0.3) is 0 Å². The summed E-state index contributed by atoms with van der Waals surface area (Å²) in [5.74, 6) is -2.55. The van der Waals surface area contributed by atoms with Crippen molar-refractivity contribution in [2.45, 2.75) is 61.4 Å². The van der Waals surface area contributed by atoms with Crippen LogP contribution in [0.3, 0.4) is 0 Å². The van der Waals surface area contributed by atoms with Crippen molar-refractivity contribution < 1.29 is 22.9 Å². The molecule has 1 aliphatic carbocycles. The Balaban J connectivity index is 2.10. The van der Waals surface area contributed by atoms with Crippen molar-refractivity contribution >= 4 is 21.7 Å². The number of esters is 1. The number of anilines is 1. The summed E-state index contributed by atoms with van der Waals surface area (Å²) in [6, 6.07) is 11.7. The number of rotatable bonds is 6. The summed E-state index contributed by atoms with van der Waals surface area (Å²) in [4.78, 5) is 25.9. The van der Waals surface area contributed by atoms with Crippen LogP contribution in [0.15, 0.2) is 66.1 Å². The minimum atomic E-state index is -4.28. The average Bonchev–Trinajstić information content (AvgIpc) is 2.87. The number of para-hydroxylation sites is 1. The number of benzene rings is 2. The molecule has 0 radical (unpaired) electrons. The molecule has 1 aliphatic heterocycles. The zero-order valence-corrected chi connectivity index (χ0v) is 20.7. The maximum atomic E-state index is 14.3. The summed E-state index contributed by atoms with van der Waals surface area (Å²) in [5, 5.41) is 13.0. The molecular formula is C26H30N2O6S. The van der Waals surface area contributed by atoms with Gasteiger partial charge in [-0.05, 0) is 49.4 Å². The monoisotopic (exact) mass is 498 g/mol. The third-order valence-electron chi connectivity index (χ3n) is 7.41. The molecule has 0 unspecified atom stereocenters. The van der Waals surface area contributed by atoms with E-state index in [9.17, 15) is 23.3 Å². The Kier molecular flexibility index (Phi) is 6.73. The molecule has 0 bridgehead atoms. The van der Waals surface area contributed by atoms with E-state index in [4.69, 9.17) is 4.74 Å². The van der Waals surface area contributed by atoms with Crippen molar-refractivity contribution in [3.8, 4) is 0 Å². The fourth-order valence-electron chi connectivity index (χ4n) is 5.82. The molecule has 1 heterocycles. The van der Waals surface area contributed by atoms with Crippen LogP contribution in [0.4, 0.5) is 5.69 Å². The lowest BCUT2D eigenvalue weighted by Gasteiger charge is -2.50. The predicted molar refractivity (Wildman–Crippen MR) is 132 cm³/mol. The molecule has 0 saturated heterocycles. The molecule has 186 valence electrons. The van der Waals surface area contributed by atoms with Gasteiger partial charge in [0.1, 0.15) is 6.04 Å². The zero-order chi connectivity index (χ0) is 25.4. The topological polar surface area (TPSA) is 107 Å².